The zero-order valence-electron chi connectivity index (χ0n) is 34.1. The standard InChI is InChI=1S/C51H72N2/c1-6-9-13-16-40(39-17-14-12-15-18-39)29-32-49(41-21-25-43(26-22-41)50(19-10-7-2)47-33-30-45(52)35-37(47)4)42-23-27-44(28-24-42)51(20-11-8-3)48-34-31-46(53)36-38(48)5/h21-28,30-31,33-36,39-40,49-51H,6-20,29,32,52-53H2,1-5H3. The lowest BCUT2D eigenvalue weighted by molar-refractivity contribution is 0.215. The van der Waals surface area contributed by atoms with E-state index in [9.17, 15) is 0 Å². The molecule has 0 aliphatic heterocycles. The van der Waals surface area contributed by atoms with Gasteiger partial charge < -0.3 is 11.5 Å². The predicted octanol–water partition coefficient (Wildman–Crippen LogP) is 14.8. The zero-order valence-corrected chi connectivity index (χ0v) is 34.1. The molecule has 53 heavy (non-hydrogen) atoms. The molecule has 1 aliphatic carbocycles. The number of anilines is 2. The van der Waals surface area contributed by atoms with Crippen molar-refractivity contribution in [2.24, 2.45) is 11.8 Å². The van der Waals surface area contributed by atoms with Crippen LogP contribution >= 0.6 is 0 Å². The van der Waals surface area contributed by atoms with Crippen LogP contribution < -0.4 is 11.5 Å². The maximum absolute atomic E-state index is 6.19. The Balaban J connectivity index is 1.47. The largest absolute Gasteiger partial charge is 0.399 e. The number of hydrogen-bond acceptors (Lipinski definition) is 2. The third-order valence-electron chi connectivity index (χ3n) is 12.8. The second kappa shape index (κ2) is 20.8. The van der Waals surface area contributed by atoms with Crippen LogP contribution in [0.15, 0.2) is 84.9 Å². The lowest BCUT2D eigenvalue weighted by Gasteiger charge is -2.32. The molecule has 0 bridgehead atoms. The first-order chi connectivity index (χ1) is 25.8. The average Bonchev–Trinajstić information content (AvgIpc) is 3.17. The van der Waals surface area contributed by atoms with Gasteiger partial charge in [-0.15, -0.1) is 0 Å². The number of nitrogens with two attached hydrogens (primary N) is 2. The summed E-state index contributed by atoms with van der Waals surface area (Å²) in [6.07, 6.45) is 22.4. The maximum Gasteiger partial charge on any atom is 0.0316 e. The molecule has 1 aliphatic rings. The smallest absolute Gasteiger partial charge is 0.0316 e. The summed E-state index contributed by atoms with van der Waals surface area (Å²) in [5.74, 6) is 2.95. The average molecular weight is 713 g/mol. The first kappa shape index (κ1) is 40.7. The van der Waals surface area contributed by atoms with Crippen molar-refractivity contribution in [3.8, 4) is 0 Å². The first-order valence-corrected chi connectivity index (χ1v) is 21.7. The minimum Gasteiger partial charge on any atom is -0.399 e. The van der Waals surface area contributed by atoms with Crippen LogP contribution in [0.1, 0.15) is 192 Å². The molecule has 1 saturated carbocycles. The molecule has 286 valence electrons. The lowest BCUT2D eigenvalue weighted by atomic mass is 9.73. The van der Waals surface area contributed by atoms with Crippen LogP contribution in [0.25, 0.3) is 0 Å². The molecule has 3 unspecified atom stereocenters. The van der Waals surface area contributed by atoms with E-state index in [0.717, 1.165) is 23.2 Å². The molecule has 4 aromatic rings. The van der Waals surface area contributed by atoms with Crippen LogP contribution in [-0.2, 0) is 0 Å². The summed E-state index contributed by atoms with van der Waals surface area (Å²) in [7, 11) is 0. The number of rotatable bonds is 20. The molecule has 1 fully saturated rings. The van der Waals surface area contributed by atoms with Gasteiger partial charge in [-0.25, -0.2) is 0 Å². The second-order valence-electron chi connectivity index (χ2n) is 16.7. The van der Waals surface area contributed by atoms with Crippen molar-refractivity contribution >= 4 is 11.4 Å². The Labute approximate surface area is 324 Å². The molecule has 5 rings (SSSR count). The number of hydrogen-bond donors (Lipinski definition) is 2. The van der Waals surface area contributed by atoms with Gasteiger partial charge in [0.1, 0.15) is 0 Å². The van der Waals surface area contributed by atoms with Gasteiger partial charge in [0.2, 0.25) is 0 Å². The van der Waals surface area contributed by atoms with E-state index in [-0.39, 0.29) is 0 Å². The van der Waals surface area contributed by atoms with Gasteiger partial charge >= 0.3 is 0 Å². The molecule has 3 atom stereocenters. The normalized spacial score (nSPS) is 15.9. The SMILES string of the molecule is CCCCCC(CCC(c1ccc(C(CCCC)c2ccc(N)cc2C)cc1)c1ccc(C(CCCC)c2ccc(N)cc2C)cc1)C1CCCCC1. The van der Waals surface area contributed by atoms with Gasteiger partial charge in [-0.3, -0.25) is 0 Å². The number of benzene rings is 4. The molecule has 0 saturated heterocycles. The monoisotopic (exact) mass is 713 g/mol. The Morgan fingerprint density at radius 1 is 0.472 bits per heavy atom. The van der Waals surface area contributed by atoms with E-state index < -0.39 is 0 Å². The van der Waals surface area contributed by atoms with Crippen LogP contribution in [0, 0.1) is 25.7 Å². The Bertz CT molecular complexity index is 1540. The number of unbranched alkanes of at least 4 members (excludes halogenated alkanes) is 4. The van der Waals surface area contributed by atoms with Crippen molar-refractivity contribution in [3.05, 3.63) is 129 Å². The van der Waals surface area contributed by atoms with E-state index in [2.05, 4.69) is 120 Å². The summed E-state index contributed by atoms with van der Waals surface area (Å²) < 4.78 is 0. The van der Waals surface area contributed by atoms with Crippen LogP contribution in [0.5, 0.6) is 0 Å². The summed E-state index contributed by atoms with van der Waals surface area (Å²) in [5.41, 5.74) is 25.3. The highest BCUT2D eigenvalue weighted by Crippen LogP contribution is 2.41. The summed E-state index contributed by atoms with van der Waals surface area (Å²) in [4.78, 5) is 0. The fraction of sp³-hybridized carbons (Fsp3) is 0.529. The molecular weight excluding hydrogens is 641 g/mol. The van der Waals surface area contributed by atoms with E-state index >= 15 is 0 Å². The summed E-state index contributed by atoms with van der Waals surface area (Å²) in [6.45, 7) is 11.4. The van der Waals surface area contributed by atoms with Crippen LogP contribution in [0.3, 0.4) is 0 Å². The van der Waals surface area contributed by atoms with Gasteiger partial charge in [-0.05, 0) is 120 Å². The zero-order chi connectivity index (χ0) is 37.6. The highest BCUT2D eigenvalue weighted by atomic mass is 14.5. The van der Waals surface area contributed by atoms with Crippen molar-refractivity contribution in [2.75, 3.05) is 11.5 Å². The minimum atomic E-state index is 0.397. The van der Waals surface area contributed by atoms with Gasteiger partial charge in [-0.1, -0.05) is 165 Å². The fourth-order valence-electron chi connectivity index (χ4n) is 9.71. The van der Waals surface area contributed by atoms with Crippen molar-refractivity contribution in [3.63, 3.8) is 0 Å². The quantitative estimate of drug-likeness (QED) is 0.0708. The molecule has 0 radical (unpaired) electrons. The fourth-order valence-corrected chi connectivity index (χ4v) is 9.71. The van der Waals surface area contributed by atoms with Gasteiger partial charge in [-0.2, -0.15) is 0 Å². The molecule has 0 aromatic heterocycles. The molecule has 0 spiro atoms. The molecule has 4 aromatic carbocycles. The van der Waals surface area contributed by atoms with Gasteiger partial charge in [0, 0.05) is 29.1 Å². The molecule has 2 nitrogen and oxygen atoms in total. The highest BCUT2D eigenvalue weighted by molar-refractivity contribution is 5.50. The van der Waals surface area contributed by atoms with E-state index in [4.69, 9.17) is 11.5 Å². The number of nitrogen functional groups attached to an aromatic ring is 2. The van der Waals surface area contributed by atoms with E-state index in [1.165, 1.54) is 154 Å². The Morgan fingerprint density at radius 3 is 1.32 bits per heavy atom. The summed E-state index contributed by atoms with van der Waals surface area (Å²) in [5, 5.41) is 0. The van der Waals surface area contributed by atoms with E-state index in [0.29, 0.717) is 17.8 Å². The van der Waals surface area contributed by atoms with Crippen molar-refractivity contribution < 1.29 is 0 Å². The first-order valence-electron chi connectivity index (χ1n) is 21.7. The van der Waals surface area contributed by atoms with Crippen molar-refractivity contribution in [1.82, 2.24) is 0 Å². The van der Waals surface area contributed by atoms with Crippen LogP contribution in [-0.4, -0.2) is 0 Å². The second-order valence-corrected chi connectivity index (χ2v) is 16.7. The van der Waals surface area contributed by atoms with Crippen molar-refractivity contribution in [1.29, 1.82) is 0 Å². The predicted molar refractivity (Wildman–Crippen MR) is 232 cm³/mol. The Morgan fingerprint density at radius 2 is 0.906 bits per heavy atom. The molecular formula is C51H72N2. The Hall–Kier alpha value is -3.52. The number of aryl methyl sites for hydroxylation is 2. The van der Waals surface area contributed by atoms with E-state index in [1.54, 1.807) is 0 Å². The summed E-state index contributed by atoms with van der Waals surface area (Å²) in [6, 6.07) is 32.7. The van der Waals surface area contributed by atoms with Gasteiger partial charge in [0.05, 0.1) is 0 Å². The lowest BCUT2D eigenvalue weighted by Crippen LogP contribution is -2.19. The molecule has 2 heteroatoms. The van der Waals surface area contributed by atoms with E-state index in [1.807, 2.05) is 0 Å². The third kappa shape index (κ3) is 11.3. The van der Waals surface area contributed by atoms with Gasteiger partial charge in [0.25, 0.3) is 0 Å². The Kier molecular flexibility index (Phi) is 16.0. The molecule has 4 N–H and O–H groups in total. The van der Waals surface area contributed by atoms with Crippen molar-refractivity contribution in [2.45, 2.75) is 162 Å². The summed E-state index contributed by atoms with van der Waals surface area (Å²) >= 11 is 0. The molecule has 0 heterocycles. The maximum atomic E-state index is 6.19. The molecule has 0 amide bonds. The van der Waals surface area contributed by atoms with Crippen LogP contribution in [0.2, 0.25) is 0 Å². The van der Waals surface area contributed by atoms with Gasteiger partial charge in [0.15, 0.2) is 0 Å². The minimum absolute atomic E-state index is 0.397. The highest BCUT2D eigenvalue weighted by Gasteiger charge is 2.26. The topological polar surface area (TPSA) is 52.0 Å². The van der Waals surface area contributed by atoms with Crippen LogP contribution in [0.4, 0.5) is 11.4 Å². The third-order valence-corrected chi connectivity index (χ3v) is 12.8.